The summed E-state index contributed by atoms with van der Waals surface area (Å²) in [4.78, 5) is 11.9. The number of anilines is 3. The third-order valence-electron chi connectivity index (χ3n) is 2.78. The van der Waals surface area contributed by atoms with Gasteiger partial charge in [0.1, 0.15) is 5.75 Å². The molecule has 21 heavy (non-hydrogen) atoms. The third-order valence-corrected chi connectivity index (χ3v) is 2.78. The number of urea groups is 1. The number of rotatable bonds is 3. The molecule has 6 heteroatoms. The van der Waals surface area contributed by atoms with Gasteiger partial charge < -0.3 is 21.1 Å². The molecule has 0 radical (unpaired) electrons. The van der Waals surface area contributed by atoms with E-state index < -0.39 is 6.03 Å². The number of hydrogen-bond donors (Lipinski definition) is 3. The Kier molecular flexibility index (Phi) is 4.26. The second-order valence-electron chi connectivity index (χ2n) is 4.22. The smallest absolute Gasteiger partial charge is 0.323 e. The molecular formula is C15H14N4O2. The van der Waals surface area contributed by atoms with Crippen LogP contribution in [0.25, 0.3) is 0 Å². The number of nitriles is 1. The highest BCUT2D eigenvalue weighted by Gasteiger charge is 2.06. The van der Waals surface area contributed by atoms with Crippen molar-refractivity contribution in [3.63, 3.8) is 0 Å². The van der Waals surface area contributed by atoms with E-state index in [0.717, 1.165) is 0 Å². The summed E-state index contributed by atoms with van der Waals surface area (Å²) in [7, 11) is 1.54. The molecule has 0 saturated heterocycles. The second kappa shape index (κ2) is 6.30. The predicted octanol–water partition coefficient (Wildman–Crippen LogP) is 2.79. The Morgan fingerprint density at radius 1 is 1.19 bits per heavy atom. The van der Waals surface area contributed by atoms with E-state index in [1.54, 1.807) is 49.6 Å². The Hall–Kier alpha value is -3.20. The van der Waals surface area contributed by atoms with Gasteiger partial charge in [-0.3, -0.25) is 0 Å². The minimum absolute atomic E-state index is 0.407. The minimum Gasteiger partial charge on any atom is -0.497 e. The van der Waals surface area contributed by atoms with Crippen LogP contribution < -0.4 is 21.1 Å². The first kappa shape index (κ1) is 14.2. The Morgan fingerprint density at radius 2 is 1.90 bits per heavy atom. The van der Waals surface area contributed by atoms with Crippen LogP contribution in [0.15, 0.2) is 42.5 Å². The number of carbonyl (C=O) groups is 1. The number of amides is 2. The summed E-state index contributed by atoms with van der Waals surface area (Å²) in [5.41, 5.74) is 7.82. The zero-order valence-corrected chi connectivity index (χ0v) is 11.4. The highest BCUT2D eigenvalue weighted by molar-refractivity contribution is 6.01. The van der Waals surface area contributed by atoms with Crippen molar-refractivity contribution in [1.82, 2.24) is 0 Å². The number of benzene rings is 2. The van der Waals surface area contributed by atoms with Gasteiger partial charge in [-0.25, -0.2) is 4.79 Å². The molecule has 0 saturated carbocycles. The van der Waals surface area contributed by atoms with Crippen LogP contribution in [0.3, 0.4) is 0 Å². The third kappa shape index (κ3) is 3.64. The van der Waals surface area contributed by atoms with E-state index >= 15 is 0 Å². The fourth-order valence-corrected chi connectivity index (χ4v) is 1.69. The van der Waals surface area contributed by atoms with Gasteiger partial charge in [0, 0.05) is 11.8 Å². The summed E-state index contributed by atoms with van der Waals surface area (Å²) in [6.07, 6.45) is 0. The highest BCUT2D eigenvalue weighted by atomic mass is 16.5. The topological polar surface area (TPSA) is 100 Å². The van der Waals surface area contributed by atoms with Crippen molar-refractivity contribution in [1.29, 1.82) is 5.26 Å². The summed E-state index contributed by atoms with van der Waals surface area (Å²) < 4.78 is 5.04. The van der Waals surface area contributed by atoms with Crippen molar-refractivity contribution >= 4 is 23.1 Å². The molecule has 6 nitrogen and oxygen atoms in total. The summed E-state index contributed by atoms with van der Waals surface area (Å²) in [6, 6.07) is 13.1. The fraction of sp³-hybridized carbons (Fsp3) is 0.0667. The molecule has 0 aliphatic carbocycles. The van der Waals surface area contributed by atoms with Crippen molar-refractivity contribution in [3.05, 3.63) is 48.0 Å². The standard InChI is InChI=1S/C15H14N4O2/c1-21-12-6-7-14(13(17)8-12)19-15(20)18-11-4-2-10(9-16)3-5-11/h2-8H,17H2,1H3,(H2,18,19,20). The van der Waals surface area contributed by atoms with Gasteiger partial charge in [-0.1, -0.05) is 0 Å². The van der Waals surface area contributed by atoms with Crippen LogP contribution in [0, 0.1) is 11.3 Å². The number of nitrogens with zero attached hydrogens (tertiary/aromatic N) is 1. The van der Waals surface area contributed by atoms with E-state index in [4.69, 9.17) is 15.7 Å². The maximum absolute atomic E-state index is 11.9. The number of ether oxygens (including phenoxy) is 1. The number of nitrogens with two attached hydrogens (primary N) is 1. The molecule has 0 spiro atoms. The van der Waals surface area contributed by atoms with Crippen LogP contribution in [-0.2, 0) is 0 Å². The van der Waals surface area contributed by atoms with Crippen molar-refractivity contribution in [2.75, 3.05) is 23.5 Å². The Morgan fingerprint density at radius 3 is 2.48 bits per heavy atom. The van der Waals surface area contributed by atoms with E-state index in [1.165, 1.54) is 0 Å². The van der Waals surface area contributed by atoms with Gasteiger partial charge in [0.05, 0.1) is 30.1 Å². The van der Waals surface area contributed by atoms with E-state index in [1.807, 2.05) is 6.07 Å². The van der Waals surface area contributed by atoms with Crippen LogP contribution in [0.2, 0.25) is 0 Å². The normalized spacial score (nSPS) is 9.52. The first-order chi connectivity index (χ1) is 10.1. The van der Waals surface area contributed by atoms with Crippen LogP contribution in [0.1, 0.15) is 5.56 Å². The average molecular weight is 282 g/mol. The molecule has 106 valence electrons. The summed E-state index contributed by atoms with van der Waals surface area (Å²) in [6.45, 7) is 0. The number of hydrogen-bond acceptors (Lipinski definition) is 4. The molecular weight excluding hydrogens is 268 g/mol. The second-order valence-corrected chi connectivity index (χ2v) is 4.22. The highest BCUT2D eigenvalue weighted by Crippen LogP contribution is 2.24. The lowest BCUT2D eigenvalue weighted by atomic mass is 10.2. The zero-order chi connectivity index (χ0) is 15.2. The van der Waals surface area contributed by atoms with E-state index in [0.29, 0.717) is 28.4 Å². The Labute approximate surface area is 122 Å². The molecule has 0 heterocycles. The van der Waals surface area contributed by atoms with Crippen LogP contribution in [-0.4, -0.2) is 13.1 Å². The zero-order valence-electron chi connectivity index (χ0n) is 11.4. The quantitative estimate of drug-likeness (QED) is 0.753. The minimum atomic E-state index is -0.420. The van der Waals surface area contributed by atoms with Crippen molar-refractivity contribution in [2.45, 2.75) is 0 Å². The van der Waals surface area contributed by atoms with Crippen molar-refractivity contribution in [2.24, 2.45) is 0 Å². The van der Waals surface area contributed by atoms with Crippen molar-refractivity contribution < 1.29 is 9.53 Å². The summed E-state index contributed by atoms with van der Waals surface area (Å²) >= 11 is 0. The van der Waals surface area contributed by atoms with Gasteiger partial charge >= 0.3 is 6.03 Å². The van der Waals surface area contributed by atoms with Gasteiger partial charge in [0.25, 0.3) is 0 Å². The monoisotopic (exact) mass is 282 g/mol. The maximum atomic E-state index is 11.9. The van der Waals surface area contributed by atoms with Crippen molar-refractivity contribution in [3.8, 4) is 11.8 Å². The van der Waals surface area contributed by atoms with Gasteiger partial charge in [-0.15, -0.1) is 0 Å². The van der Waals surface area contributed by atoms with Crippen LogP contribution in [0.4, 0.5) is 21.9 Å². The summed E-state index contributed by atoms with van der Waals surface area (Å²) in [5.74, 6) is 0.616. The SMILES string of the molecule is COc1ccc(NC(=O)Nc2ccc(C#N)cc2)c(N)c1. The molecule has 0 atom stereocenters. The largest absolute Gasteiger partial charge is 0.497 e. The van der Waals surface area contributed by atoms with Gasteiger partial charge in [0.15, 0.2) is 0 Å². The predicted molar refractivity (Wildman–Crippen MR) is 81.2 cm³/mol. The van der Waals surface area contributed by atoms with Gasteiger partial charge in [-0.05, 0) is 36.4 Å². The fourth-order valence-electron chi connectivity index (χ4n) is 1.69. The number of nitrogen functional groups attached to an aromatic ring is 1. The lowest BCUT2D eigenvalue weighted by Gasteiger charge is -2.10. The first-order valence-electron chi connectivity index (χ1n) is 6.14. The average Bonchev–Trinajstić information content (AvgIpc) is 2.50. The Balaban J connectivity index is 2.02. The first-order valence-corrected chi connectivity index (χ1v) is 6.14. The molecule has 0 aliphatic heterocycles. The maximum Gasteiger partial charge on any atom is 0.323 e. The lowest BCUT2D eigenvalue weighted by molar-refractivity contribution is 0.262. The molecule has 2 amide bonds. The lowest BCUT2D eigenvalue weighted by Crippen LogP contribution is -2.20. The molecule has 2 aromatic rings. The molecule has 2 rings (SSSR count). The van der Waals surface area contributed by atoms with E-state index in [2.05, 4.69) is 10.6 Å². The number of nitrogens with one attached hydrogen (secondary N) is 2. The van der Waals surface area contributed by atoms with Gasteiger partial charge in [-0.2, -0.15) is 5.26 Å². The molecule has 0 aromatic heterocycles. The molecule has 0 bridgehead atoms. The van der Waals surface area contributed by atoms with Crippen LogP contribution in [0.5, 0.6) is 5.75 Å². The van der Waals surface area contributed by atoms with E-state index in [9.17, 15) is 4.79 Å². The summed E-state index contributed by atoms with van der Waals surface area (Å²) in [5, 5.41) is 14.0. The van der Waals surface area contributed by atoms with Crippen LogP contribution >= 0.6 is 0 Å². The van der Waals surface area contributed by atoms with Gasteiger partial charge in [0.2, 0.25) is 0 Å². The molecule has 0 fully saturated rings. The molecule has 2 aromatic carbocycles. The molecule has 0 unspecified atom stereocenters. The molecule has 0 aliphatic rings. The number of carbonyl (C=O) groups excluding carboxylic acids is 1. The van der Waals surface area contributed by atoms with E-state index in [-0.39, 0.29) is 0 Å². The number of methoxy groups -OCH3 is 1. The molecule has 4 N–H and O–H groups in total. The Bertz CT molecular complexity index is 690.